The van der Waals surface area contributed by atoms with Crippen molar-refractivity contribution < 1.29 is 10.2 Å². The van der Waals surface area contributed by atoms with Gasteiger partial charge in [0.25, 0.3) is 0 Å². The molecule has 0 aliphatic carbocycles. The van der Waals surface area contributed by atoms with Crippen LogP contribution in [0.3, 0.4) is 0 Å². The van der Waals surface area contributed by atoms with Gasteiger partial charge in [-0.2, -0.15) is 0 Å². The van der Waals surface area contributed by atoms with Crippen LogP contribution in [0.4, 0.5) is 0 Å². The van der Waals surface area contributed by atoms with Gasteiger partial charge in [0.05, 0.1) is 0 Å². The maximum Gasteiger partial charge on any atom is 0.126 e. The lowest BCUT2D eigenvalue weighted by atomic mass is 9.77. The van der Waals surface area contributed by atoms with Crippen LogP contribution in [-0.2, 0) is 22.7 Å². The highest BCUT2D eigenvalue weighted by Gasteiger charge is 2.27. The molecule has 2 heteroatoms. The van der Waals surface area contributed by atoms with Crippen molar-refractivity contribution in [2.24, 2.45) is 0 Å². The normalized spacial score (nSPS) is 12.9. The van der Waals surface area contributed by atoms with Gasteiger partial charge in [0.15, 0.2) is 0 Å². The lowest BCUT2D eigenvalue weighted by Gasteiger charge is -2.28. The van der Waals surface area contributed by atoms with Gasteiger partial charge in [-0.25, -0.2) is 0 Å². The molecule has 30 heavy (non-hydrogen) atoms. The number of phenols is 2. The quantitative estimate of drug-likeness (QED) is 0.548. The Morgan fingerprint density at radius 2 is 1.00 bits per heavy atom. The first-order valence-corrected chi connectivity index (χ1v) is 10.8. The van der Waals surface area contributed by atoms with Crippen LogP contribution in [0.15, 0.2) is 30.8 Å². The van der Waals surface area contributed by atoms with E-state index in [1.165, 1.54) is 5.56 Å². The minimum absolute atomic E-state index is 0.158. The van der Waals surface area contributed by atoms with Crippen molar-refractivity contribution in [1.29, 1.82) is 0 Å². The topological polar surface area (TPSA) is 40.5 Å². The molecule has 0 heterocycles. The molecule has 0 fully saturated rings. The molecule has 0 aliphatic heterocycles. The zero-order chi connectivity index (χ0) is 23.2. The number of hydrogen-bond acceptors (Lipinski definition) is 2. The standard InChI is InChI=1S/C28H40O2/c1-17(2)20-13-18(14-21(24(20)29)26(3,4)5)12-19-15-22(27(6,7)8)25(30)23(16-19)28(9,10)11/h13-16,29-30H,1,12H2,2-11H3. The van der Waals surface area contributed by atoms with E-state index < -0.39 is 0 Å². The molecule has 0 bridgehead atoms. The molecular formula is C28H40O2. The van der Waals surface area contributed by atoms with Crippen molar-refractivity contribution in [1.82, 2.24) is 0 Å². The van der Waals surface area contributed by atoms with E-state index >= 15 is 0 Å². The molecule has 2 aromatic carbocycles. The van der Waals surface area contributed by atoms with E-state index in [-0.39, 0.29) is 16.2 Å². The van der Waals surface area contributed by atoms with Crippen LogP contribution in [0.2, 0.25) is 0 Å². The summed E-state index contributed by atoms with van der Waals surface area (Å²) in [5.74, 6) is 0.734. The molecule has 2 rings (SSSR count). The predicted molar refractivity (Wildman–Crippen MR) is 130 cm³/mol. The van der Waals surface area contributed by atoms with Crippen LogP contribution in [0.1, 0.15) is 103 Å². The Balaban J connectivity index is 2.71. The minimum atomic E-state index is -0.174. The Morgan fingerprint density at radius 3 is 1.33 bits per heavy atom. The number of rotatable bonds is 3. The van der Waals surface area contributed by atoms with Crippen molar-refractivity contribution >= 4 is 5.57 Å². The van der Waals surface area contributed by atoms with Crippen LogP contribution >= 0.6 is 0 Å². The van der Waals surface area contributed by atoms with E-state index in [0.29, 0.717) is 11.5 Å². The Hall–Kier alpha value is -2.22. The molecule has 0 radical (unpaired) electrons. The lowest BCUT2D eigenvalue weighted by molar-refractivity contribution is 0.423. The van der Waals surface area contributed by atoms with Gasteiger partial charge in [-0.05, 0) is 63.5 Å². The second-order valence-electron chi connectivity index (χ2n) is 11.8. The number of allylic oxidation sites excluding steroid dienone is 1. The summed E-state index contributed by atoms with van der Waals surface area (Å²) in [7, 11) is 0. The van der Waals surface area contributed by atoms with Crippen LogP contribution in [0, 0.1) is 0 Å². The van der Waals surface area contributed by atoms with Gasteiger partial charge in [0.1, 0.15) is 11.5 Å². The van der Waals surface area contributed by atoms with Crippen LogP contribution in [-0.4, -0.2) is 10.2 Å². The molecule has 2 N–H and O–H groups in total. The van der Waals surface area contributed by atoms with E-state index in [1.807, 2.05) is 13.0 Å². The largest absolute Gasteiger partial charge is 0.507 e. The SMILES string of the molecule is C=C(C)c1cc(Cc2cc(C(C)(C)C)c(O)c(C(C)(C)C)c2)cc(C(C)(C)C)c1O. The smallest absolute Gasteiger partial charge is 0.126 e. The third kappa shape index (κ3) is 5.09. The highest BCUT2D eigenvalue weighted by molar-refractivity contribution is 5.70. The zero-order valence-corrected chi connectivity index (χ0v) is 20.6. The summed E-state index contributed by atoms with van der Waals surface area (Å²) in [5.41, 5.74) is 6.36. The molecule has 164 valence electrons. The number of benzene rings is 2. The Bertz CT molecular complexity index is 923. The molecule has 0 aromatic heterocycles. The third-order valence-electron chi connectivity index (χ3n) is 5.63. The van der Waals surface area contributed by atoms with Gasteiger partial charge < -0.3 is 10.2 Å². The van der Waals surface area contributed by atoms with Crippen molar-refractivity contribution in [3.8, 4) is 11.5 Å². The first-order chi connectivity index (χ1) is 13.4. The van der Waals surface area contributed by atoms with Crippen LogP contribution < -0.4 is 0 Å². The van der Waals surface area contributed by atoms with Crippen molar-refractivity contribution in [2.45, 2.75) is 91.9 Å². The van der Waals surface area contributed by atoms with Crippen LogP contribution in [0.5, 0.6) is 11.5 Å². The van der Waals surface area contributed by atoms with Gasteiger partial charge in [-0.1, -0.05) is 87.1 Å². The zero-order valence-electron chi connectivity index (χ0n) is 20.6. The third-order valence-corrected chi connectivity index (χ3v) is 5.63. The van der Waals surface area contributed by atoms with Gasteiger partial charge in [-0.15, -0.1) is 0 Å². The summed E-state index contributed by atoms with van der Waals surface area (Å²) in [4.78, 5) is 0. The molecule has 0 saturated heterocycles. The molecule has 0 unspecified atom stereocenters. The van der Waals surface area contributed by atoms with Crippen LogP contribution in [0.25, 0.3) is 5.57 Å². The molecule has 2 nitrogen and oxygen atoms in total. The first kappa shape index (κ1) is 24.1. The fourth-order valence-electron chi connectivity index (χ4n) is 3.87. The van der Waals surface area contributed by atoms with Crippen molar-refractivity contribution in [3.63, 3.8) is 0 Å². The summed E-state index contributed by atoms with van der Waals surface area (Å²) in [6, 6.07) is 8.43. The predicted octanol–water partition coefficient (Wildman–Crippen LogP) is 7.61. The molecule has 2 aromatic rings. The highest BCUT2D eigenvalue weighted by atomic mass is 16.3. The molecule has 0 spiro atoms. The maximum atomic E-state index is 11.0. The second-order valence-corrected chi connectivity index (χ2v) is 11.8. The maximum absolute atomic E-state index is 11.0. The average molecular weight is 409 g/mol. The molecule has 0 atom stereocenters. The number of aromatic hydroxyl groups is 2. The average Bonchev–Trinajstić information content (AvgIpc) is 2.54. The van der Waals surface area contributed by atoms with E-state index in [1.54, 1.807) is 0 Å². The number of phenolic OH excluding ortho intramolecular Hbond substituents is 2. The molecule has 0 saturated carbocycles. The summed E-state index contributed by atoms with van der Waals surface area (Å²) in [6.07, 6.45) is 0.732. The van der Waals surface area contributed by atoms with E-state index in [2.05, 4.69) is 87.1 Å². The minimum Gasteiger partial charge on any atom is -0.507 e. The fourth-order valence-corrected chi connectivity index (χ4v) is 3.87. The molecule has 0 aliphatic rings. The Labute approximate surface area is 183 Å². The van der Waals surface area contributed by atoms with Gasteiger partial charge >= 0.3 is 0 Å². The second kappa shape index (κ2) is 7.80. The van der Waals surface area contributed by atoms with Gasteiger partial charge in [0, 0.05) is 11.1 Å². The lowest BCUT2D eigenvalue weighted by Crippen LogP contribution is -2.18. The van der Waals surface area contributed by atoms with Crippen molar-refractivity contribution in [3.05, 3.63) is 64.2 Å². The Kier molecular flexibility index (Phi) is 6.25. The van der Waals surface area contributed by atoms with Crippen molar-refractivity contribution in [2.75, 3.05) is 0 Å². The summed E-state index contributed by atoms with van der Waals surface area (Å²) < 4.78 is 0. The fraction of sp³-hybridized carbons (Fsp3) is 0.500. The van der Waals surface area contributed by atoms with E-state index in [4.69, 9.17) is 0 Å². The first-order valence-electron chi connectivity index (χ1n) is 10.8. The van der Waals surface area contributed by atoms with Gasteiger partial charge in [-0.3, -0.25) is 0 Å². The molecular weight excluding hydrogens is 368 g/mol. The summed E-state index contributed by atoms with van der Waals surface area (Å²) >= 11 is 0. The molecule has 0 amide bonds. The highest BCUT2D eigenvalue weighted by Crippen LogP contribution is 2.41. The monoisotopic (exact) mass is 408 g/mol. The summed E-state index contributed by atoms with van der Waals surface area (Å²) in [6.45, 7) is 25.2. The van der Waals surface area contributed by atoms with E-state index in [9.17, 15) is 10.2 Å². The van der Waals surface area contributed by atoms with E-state index in [0.717, 1.165) is 39.8 Å². The summed E-state index contributed by atoms with van der Waals surface area (Å²) in [5, 5.41) is 21.8. The van der Waals surface area contributed by atoms with Gasteiger partial charge in [0.2, 0.25) is 0 Å². The number of hydrogen-bond donors (Lipinski definition) is 2. The Morgan fingerprint density at radius 1 is 0.667 bits per heavy atom.